The predicted octanol–water partition coefficient (Wildman–Crippen LogP) is 3.21. The molecule has 3 rings (SSSR count). The van der Waals surface area contributed by atoms with Gasteiger partial charge in [-0.1, -0.05) is 48.4 Å². The normalized spacial score (nSPS) is 11.8. The molecule has 1 heterocycles. The Morgan fingerprint density at radius 2 is 1.75 bits per heavy atom. The van der Waals surface area contributed by atoms with Crippen molar-refractivity contribution in [2.75, 3.05) is 0 Å². The van der Waals surface area contributed by atoms with Gasteiger partial charge in [0.1, 0.15) is 0 Å². The van der Waals surface area contributed by atoms with Crippen molar-refractivity contribution in [2.24, 2.45) is 0 Å². The molecular weight excluding hydrogens is 250 g/mol. The second-order valence-electron chi connectivity index (χ2n) is 4.43. The maximum Gasteiger partial charge on any atom is 0.291 e. The molecular formula is C17H13NO2. The Bertz CT molecular complexity index is 847. The average molecular weight is 263 g/mol. The second-order valence-corrected chi connectivity index (χ2v) is 4.43. The number of para-hydroxylation sites is 1. The Labute approximate surface area is 116 Å². The molecule has 1 aromatic heterocycles. The molecule has 98 valence electrons. The van der Waals surface area contributed by atoms with Gasteiger partial charge in [-0.3, -0.25) is 4.79 Å². The van der Waals surface area contributed by atoms with Gasteiger partial charge in [0.2, 0.25) is 0 Å². The van der Waals surface area contributed by atoms with Crippen LogP contribution < -0.4 is 5.56 Å². The number of fused-ring (bicyclic) bond motifs is 1. The lowest BCUT2D eigenvalue weighted by atomic mass is 10.1. The summed E-state index contributed by atoms with van der Waals surface area (Å²) in [6.07, 6.45) is 0. The topological polar surface area (TPSA) is 35.1 Å². The van der Waals surface area contributed by atoms with E-state index in [1.165, 1.54) is 4.74 Å². The van der Waals surface area contributed by atoms with Gasteiger partial charge >= 0.3 is 0 Å². The molecule has 0 aliphatic rings. The van der Waals surface area contributed by atoms with Gasteiger partial charge in [0.05, 0.1) is 5.39 Å². The number of aromatic nitrogens is 1. The van der Waals surface area contributed by atoms with E-state index < -0.39 is 6.04 Å². The first-order chi connectivity index (χ1) is 9.81. The van der Waals surface area contributed by atoms with Crippen LogP contribution in [-0.2, 0) is 0 Å². The molecule has 0 saturated heterocycles. The monoisotopic (exact) mass is 263 g/mol. The van der Waals surface area contributed by atoms with Gasteiger partial charge < -0.3 is 4.52 Å². The molecule has 0 aliphatic carbocycles. The zero-order valence-electron chi connectivity index (χ0n) is 11.0. The van der Waals surface area contributed by atoms with Crippen LogP contribution in [0.15, 0.2) is 63.9 Å². The van der Waals surface area contributed by atoms with E-state index in [4.69, 9.17) is 4.52 Å². The van der Waals surface area contributed by atoms with E-state index in [9.17, 15) is 4.79 Å². The summed E-state index contributed by atoms with van der Waals surface area (Å²) in [6, 6.07) is 16.5. The third kappa shape index (κ3) is 2.02. The summed E-state index contributed by atoms with van der Waals surface area (Å²) in [5.41, 5.74) is 1.36. The van der Waals surface area contributed by atoms with E-state index in [0.29, 0.717) is 11.0 Å². The van der Waals surface area contributed by atoms with Crippen LogP contribution in [0.4, 0.5) is 0 Å². The quantitative estimate of drug-likeness (QED) is 0.665. The van der Waals surface area contributed by atoms with Crippen molar-refractivity contribution >= 4 is 11.0 Å². The van der Waals surface area contributed by atoms with Gasteiger partial charge in [0, 0.05) is 0 Å². The Kier molecular flexibility index (Phi) is 3.14. The lowest BCUT2D eigenvalue weighted by Crippen LogP contribution is -2.20. The third-order valence-electron chi connectivity index (χ3n) is 3.15. The highest BCUT2D eigenvalue weighted by Crippen LogP contribution is 2.19. The van der Waals surface area contributed by atoms with E-state index in [1.54, 1.807) is 19.1 Å². The summed E-state index contributed by atoms with van der Waals surface area (Å²) >= 11 is 0. The molecule has 1 atom stereocenters. The largest absolute Gasteiger partial charge is 0.374 e. The number of hydrogen-bond acceptors (Lipinski definition) is 2. The summed E-state index contributed by atoms with van der Waals surface area (Å²) < 4.78 is 7.01. The lowest BCUT2D eigenvalue weighted by Gasteiger charge is -2.09. The van der Waals surface area contributed by atoms with Gasteiger partial charge in [0.25, 0.3) is 5.56 Å². The molecule has 1 unspecified atom stereocenters. The Hall–Kier alpha value is -2.73. The third-order valence-corrected chi connectivity index (χ3v) is 3.15. The minimum atomic E-state index is -0.402. The molecule has 2 aromatic carbocycles. The van der Waals surface area contributed by atoms with Crippen LogP contribution in [0, 0.1) is 11.8 Å². The van der Waals surface area contributed by atoms with Crippen molar-refractivity contribution in [1.82, 2.24) is 4.74 Å². The van der Waals surface area contributed by atoms with Crippen LogP contribution in [0.3, 0.4) is 0 Å². The molecule has 0 radical (unpaired) electrons. The van der Waals surface area contributed by atoms with E-state index in [2.05, 4.69) is 11.8 Å². The molecule has 0 spiro atoms. The van der Waals surface area contributed by atoms with E-state index in [1.807, 2.05) is 42.5 Å². The van der Waals surface area contributed by atoms with Gasteiger partial charge in [-0.2, -0.15) is 4.74 Å². The van der Waals surface area contributed by atoms with Crippen LogP contribution in [0.5, 0.6) is 0 Å². The maximum atomic E-state index is 12.4. The Morgan fingerprint density at radius 1 is 1.05 bits per heavy atom. The first kappa shape index (κ1) is 12.3. The van der Waals surface area contributed by atoms with Crippen molar-refractivity contribution in [2.45, 2.75) is 13.0 Å². The molecule has 0 amide bonds. The number of hydrogen-bond donors (Lipinski definition) is 0. The van der Waals surface area contributed by atoms with Crippen molar-refractivity contribution in [1.29, 1.82) is 0 Å². The predicted molar refractivity (Wildman–Crippen MR) is 78.5 cm³/mol. The molecule has 3 heteroatoms. The van der Waals surface area contributed by atoms with Gasteiger partial charge in [-0.25, -0.2) is 0 Å². The Balaban J connectivity index is 2.22. The smallest absolute Gasteiger partial charge is 0.291 e. The van der Waals surface area contributed by atoms with Crippen LogP contribution >= 0.6 is 0 Å². The van der Waals surface area contributed by atoms with Crippen LogP contribution in [0.1, 0.15) is 18.5 Å². The fourth-order valence-corrected chi connectivity index (χ4v) is 2.21. The van der Waals surface area contributed by atoms with E-state index in [-0.39, 0.29) is 5.56 Å². The first-order valence-electron chi connectivity index (χ1n) is 6.39. The molecule has 0 aliphatic heterocycles. The summed E-state index contributed by atoms with van der Waals surface area (Å²) in [5, 5.41) is 0.575. The van der Waals surface area contributed by atoms with E-state index in [0.717, 1.165) is 5.56 Å². The highest BCUT2D eigenvalue weighted by atomic mass is 16.5. The SMILES string of the molecule is CC#CC(c1ccccc1)n1oc2ccccc2c1=O. The molecule has 0 N–H and O–H groups in total. The number of nitrogens with zero attached hydrogens (tertiary/aromatic N) is 1. The molecule has 20 heavy (non-hydrogen) atoms. The van der Waals surface area contributed by atoms with Gasteiger partial charge in [-0.05, 0) is 24.6 Å². The minimum absolute atomic E-state index is 0.155. The average Bonchev–Trinajstić information content (AvgIpc) is 2.83. The lowest BCUT2D eigenvalue weighted by molar-refractivity contribution is 0.282. The maximum absolute atomic E-state index is 12.4. The summed E-state index contributed by atoms with van der Waals surface area (Å²) in [4.78, 5) is 12.4. The standard InChI is InChI=1S/C17H13NO2/c1-2-8-15(13-9-4-3-5-10-13)18-17(19)14-11-6-7-12-16(14)20-18/h3-7,9-12,15H,1H3. The van der Waals surface area contributed by atoms with Crippen LogP contribution in [-0.4, -0.2) is 4.74 Å². The van der Waals surface area contributed by atoms with Crippen molar-refractivity contribution < 1.29 is 4.52 Å². The fraction of sp³-hybridized carbons (Fsp3) is 0.118. The van der Waals surface area contributed by atoms with Crippen LogP contribution in [0.25, 0.3) is 11.0 Å². The second kappa shape index (κ2) is 5.10. The van der Waals surface area contributed by atoms with Gasteiger partial charge in [-0.15, -0.1) is 5.92 Å². The molecule has 3 nitrogen and oxygen atoms in total. The summed E-state index contributed by atoms with van der Waals surface area (Å²) in [5.74, 6) is 5.90. The summed E-state index contributed by atoms with van der Waals surface area (Å²) in [7, 11) is 0. The first-order valence-corrected chi connectivity index (χ1v) is 6.39. The van der Waals surface area contributed by atoms with Crippen molar-refractivity contribution in [3.63, 3.8) is 0 Å². The van der Waals surface area contributed by atoms with Crippen molar-refractivity contribution in [3.8, 4) is 11.8 Å². The minimum Gasteiger partial charge on any atom is -0.374 e. The van der Waals surface area contributed by atoms with Crippen molar-refractivity contribution in [3.05, 3.63) is 70.5 Å². The number of benzene rings is 2. The zero-order chi connectivity index (χ0) is 13.9. The number of rotatable bonds is 2. The van der Waals surface area contributed by atoms with Gasteiger partial charge in [0.15, 0.2) is 11.6 Å². The highest BCUT2D eigenvalue weighted by molar-refractivity contribution is 5.75. The highest BCUT2D eigenvalue weighted by Gasteiger charge is 2.18. The molecule has 0 fully saturated rings. The van der Waals surface area contributed by atoms with E-state index >= 15 is 0 Å². The zero-order valence-corrected chi connectivity index (χ0v) is 11.0. The fourth-order valence-electron chi connectivity index (χ4n) is 2.21. The molecule has 0 saturated carbocycles. The Morgan fingerprint density at radius 3 is 2.45 bits per heavy atom. The molecule has 0 bridgehead atoms. The molecule has 3 aromatic rings. The van der Waals surface area contributed by atoms with Crippen LogP contribution in [0.2, 0.25) is 0 Å². The summed E-state index contributed by atoms with van der Waals surface area (Å²) in [6.45, 7) is 1.75.